The fourth-order valence-electron chi connectivity index (χ4n) is 1.70. The van der Waals surface area contributed by atoms with Gasteiger partial charge in [-0.25, -0.2) is 9.82 Å². The molecule has 0 aromatic heterocycles. The van der Waals surface area contributed by atoms with Crippen LogP contribution in [0.25, 0.3) is 0 Å². The number of halogens is 3. The van der Waals surface area contributed by atoms with Crippen molar-refractivity contribution in [3.8, 4) is 0 Å². The van der Waals surface area contributed by atoms with Crippen LogP contribution in [0.5, 0.6) is 0 Å². The molecule has 0 saturated heterocycles. The molecule has 0 aliphatic rings. The summed E-state index contributed by atoms with van der Waals surface area (Å²) < 4.78 is 12.7. The van der Waals surface area contributed by atoms with Gasteiger partial charge in [0.1, 0.15) is 5.82 Å². The smallest absolute Gasteiger partial charge is 0.259 e. The molecule has 2 rings (SSSR count). The third-order valence-corrected chi connectivity index (χ3v) is 3.41. The first-order valence-corrected chi connectivity index (χ1v) is 7.52. The Balaban J connectivity index is 1.82. The van der Waals surface area contributed by atoms with Gasteiger partial charge < -0.3 is 5.32 Å². The second kappa shape index (κ2) is 8.42. The van der Waals surface area contributed by atoms with Gasteiger partial charge in [0.25, 0.3) is 11.8 Å². The summed E-state index contributed by atoms with van der Waals surface area (Å²) >= 11 is 11.7. The van der Waals surface area contributed by atoms with Crippen molar-refractivity contribution >= 4 is 41.2 Å². The summed E-state index contributed by atoms with van der Waals surface area (Å²) in [6.45, 7) is -0.279. The SMILES string of the molecule is O=C(CNC(=O)c1ccc(Cl)cc1Cl)NN=Cc1ccc(F)cc1. The second-order valence-corrected chi connectivity index (χ2v) is 5.50. The van der Waals surface area contributed by atoms with Crippen LogP contribution in [0.1, 0.15) is 15.9 Å². The van der Waals surface area contributed by atoms with E-state index in [0.29, 0.717) is 10.6 Å². The molecule has 2 amide bonds. The first kappa shape index (κ1) is 17.9. The summed E-state index contributed by atoms with van der Waals surface area (Å²) in [5.74, 6) is -1.39. The predicted octanol–water partition coefficient (Wildman–Crippen LogP) is 3.01. The van der Waals surface area contributed by atoms with E-state index in [1.807, 2.05) is 0 Å². The third-order valence-electron chi connectivity index (χ3n) is 2.86. The van der Waals surface area contributed by atoms with Crippen LogP contribution in [-0.2, 0) is 4.79 Å². The molecule has 8 heteroatoms. The van der Waals surface area contributed by atoms with Crippen LogP contribution in [0.3, 0.4) is 0 Å². The van der Waals surface area contributed by atoms with Crippen molar-refractivity contribution in [2.45, 2.75) is 0 Å². The van der Waals surface area contributed by atoms with Crippen molar-refractivity contribution in [2.75, 3.05) is 6.54 Å². The lowest BCUT2D eigenvalue weighted by Gasteiger charge is -2.06. The molecule has 0 spiro atoms. The number of amides is 2. The van der Waals surface area contributed by atoms with Crippen LogP contribution in [0, 0.1) is 5.82 Å². The van der Waals surface area contributed by atoms with E-state index in [1.165, 1.54) is 48.7 Å². The highest BCUT2D eigenvalue weighted by Gasteiger charge is 2.11. The molecule has 24 heavy (non-hydrogen) atoms. The number of hydrogen-bond donors (Lipinski definition) is 2. The van der Waals surface area contributed by atoms with Crippen LogP contribution < -0.4 is 10.7 Å². The highest BCUT2D eigenvalue weighted by molar-refractivity contribution is 6.36. The Hall–Kier alpha value is -2.44. The Labute approximate surface area is 147 Å². The molecule has 0 atom stereocenters. The van der Waals surface area contributed by atoms with Gasteiger partial charge in [0, 0.05) is 5.02 Å². The molecule has 0 fully saturated rings. The lowest BCUT2D eigenvalue weighted by Crippen LogP contribution is -2.35. The first-order chi connectivity index (χ1) is 11.5. The van der Waals surface area contributed by atoms with E-state index < -0.39 is 11.8 Å². The second-order valence-electron chi connectivity index (χ2n) is 4.65. The van der Waals surface area contributed by atoms with Crippen molar-refractivity contribution in [1.82, 2.24) is 10.7 Å². The van der Waals surface area contributed by atoms with E-state index in [1.54, 1.807) is 0 Å². The van der Waals surface area contributed by atoms with Crippen molar-refractivity contribution < 1.29 is 14.0 Å². The largest absolute Gasteiger partial charge is 0.343 e. The zero-order valence-corrected chi connectivity index (χ0v) is 13.7. The van der Waals surface area contributed by atoms with Gasteiger partial charge in [0.15, 0.2) is 0 Å². The Morgan fingerprint density at radius 2 is 1.83 bits per heavy atom. The zero-order chi connectivity index (χ0) is 17.5. The lowest BCUT2D eigenvalue weighted by atomic mass is 10.2. The van der Waals surface area contributed by atoms with Crippen LogP contribution in [-0.4, -0.2) is 24.6 Å². The Morgan fingerprint density at radius 3 is 2.50 bits per heavy atom. The van der Waals surface area contributed by atoms with Crippen molar-refractivity contribution in [3.05, 3.63) is 69.5 Å². The van der Waals surface area contributed by atoms with Crippen molar-refractivity contribution in [2.24, 2.45) is 5.10 Å². The van der Waals surface area contributed by atoms with Gasteiger partial charge in [0.2, 0.25) is 0 Å². The van der Waals surface area contributed by atoms with E-state index in [0.717, 1.165) is 0 Å². The van der Waals surface area contributed by atoms with Crippen molar-refractivity contribution in [1.29, 1.82) is 0 Å². The molecular weight excluding hydrogens is 356 g/mol. The minimum atomic E-state index is -0.521. The molecule has 124 valence electrons. The molecule has 2 aromatic carbocycles. The standard InChI is InChI=1S/C16H12Cl2FN3O2/c17-11-3-6-13(14(18)7-11)16(24)20-9-15(23)22-21-8-10-1-4-12(19)5-2-10/h1-8H,9H2,(H,20,24)(H,22,23). The Morgan fingerprint density at radius 1 is 1.12 bits per heavy atom. The molecule has 5 nitrogen and oxygen atoms in total. The quantitative estimate of drug-likeness (QED) is 0.629. The van der Waals surface area contributed by atoms with Crippen LogP contribution in [0.4, 0.5) is 4.39 Å². The molecule has 0 bridgehead atoms. The average molecular weight is 368 g/mol. The van der Waals surface area contributed by atoms with E-state index in [2.05, 4.69) is 15.8 Å². The van der Waals surface area contributed by atoms with E-state index in [4.69, 9.17) is 23.2 Å². The minimum absolute atomic E-state index is 0.190. The number of hydrazone groups is 1. The molecular formula is C16H12Cl2FN3O2. The third kappa shape index (κ3) is 5.33. The lowest BCUT2D eigenvalue weighted by molar-refractivity contribution is -0.120. The molecule has 0 saturated carbocycles. The highest BCUT2D eigenvalue weighted by Crippen LogP contribution is 2.20. The van der Waals surface area contributed by atoms with Gasteiger partial charge in [0.05, 0.1) is 23.3 Å². The maximum Gasteiger partial charge on any atom is 0.259 e. The summed E-state index contributed by atoms with van der Waals surface area (Å²) in [4.78, 5) is 23.5. The molecule has 0 heterocycles. The maximum absolute atomic E-state index is 12.7. The molecule has 0 radical (unpaired) electrons. The number of rotatable bonds is 5. The van der Waals surface area contributed by atoms with Gasteiger partial charge in [-0.05, 0) is 35.9 Å². The summed E-state index contributed by atoms with van der Waals surface area (Å²) in [6.07, 6.45) is 1.36. The average Bonchev–Trinajstić information content (AvgIpc) is 2.54. The minimum Gasteiger partial charge on any atom is -0.343 e. The fraction of sp³-hybridized carbons (Fsp3) is 0.0625. The van der Waals surface area contributed by atoms with E-state index in [-0.39, 0.29) is 22.9 Å². The molecule has 0 aliphatic heterocycles. The molecule has 0 aliphatic carbocycles. The summed E-state index contributed by atoms with van der Waals surface area (Å²) in [7, 11) is 0. The first-order valence-electron chi connectivity index (χ1n) is 6.76. The van der Waals surface area contributed by atoms with E-state index >= 15 is 0 Å². The van der Waals surface area contributed by atoms with Gasteiger partial charge in [-0.2, -0.15) is 5.10 Å². The highest BCUT2D eigenvalue weighted by atomic mass is 35.5. The number of benzene rings is 2. The zero-order valence-electron chi connectivity index (χ0n) is 12.2. The topological polar surface area (TPSA) is 70.6 Å². The normalized spacial score (nSPS) is 10.6. The predicted molar refractivity (Wildman–Crippen MR) is 90.9 cm³/mol. The maximum atomic E-state index is 12.7. The number of nitrogens with one attached hydrogen (secondary N) is 2. The van der Waals surface area contributed by atoms with Gasteiger partial charge in [-0.1, -0.05) is 35.3 Å². The van der Waals surface area contributed by atoms with Crippen LogP contribution in [0.2, 0.25) is 10.0 Å². The number of carbonyl (C=O) groups excluding carboxylic acids is 2. The Kier molecular flexibility index (Phi) is 6.28. The number of hydrogen-bond acceptors (Lipinski definition) is 3. The Bertz CT molecular complexity index is 779. The van der Waals surface area contributed by atoms with Crippen LogP contribution >= 0.6 is 23.2 Å². The monoisotopic (exact) mass is 367 g/mol. The molecule has 0 unspecified atom stereocenters. The fourth-order valence-corrected chi connectivity index (χ4v) is 2.19. The van der Waals surface area contributed by atoms with Crippen LogP contribution in [0.15, 0.2) is 47.6 Å². The number of nitrogens with zero attached hydrogens (tertiary/aromatic N) is 1. The molecule has 2 N–H and O–H groups in total. The summed E-state index contributed by atoms with van der Waals surface area (Å²) in [6, 6.07) is 9.99. The van der Waals surface area contributed by atoms with E-state index in [9.17, 15) is 14.0 Å². The number of carbonyl (C=O) groups is 2. The molecule has 2 aromatic rings. The van der Waals surface area contributed by atoms with Gasteiger partial charge >= 0.3 is 0 Å². The van der Waals surface area contributed by atoms with Crippen molar-refractivity contribution in [3.63, 3.8) is 0 Å². The van der Waals surface area contributed by atoms with Gasteiger partial charge in [-0.3, -0.25) is 9.59 Å². The summed E-state index contributed by atoms with van der Waals surface area (Å²) in [5, 5.41) is 6.72. The summed E-state index contributed by atoms with van der Waals surface area (Å²) in [5.41, 5.74) is 3.08. The van der Waals surface area contributed by atoms with Gasteiger partial charge in [-0.15, -0.1) is 0 Å².